The highest BCUT2D eigenvalue weighted by Crippen LogP contribution is 2.63. The van der Waals surface area contributed by atoms with Crippen molar-refractivity contribution in [2.75, 3.05) is 37.8 Å². The summed E-state index contributed by atoms with van der Waals surface area (Å²) in [6.07, 6.45) is 11.6. The van der Waals surface area contributed by atoms with Crippen LogP contribution < -0.4 is 10.2 Å². The van der Waals surface area contributed by atoms with Crippen molar-refractivity contribution < 1.29 is 4.39 Å². The van der Waals surface area contributed by atoms with Gasteiger partial charge >= 0.3 is 0 Å². The van der Waals surface area contributed by atoms with Crippen LogP contribution in [0, 0.1) is 11.8 Å². The molecule has 2 aliphatic heterocycles. The lowest BCUT2D eigenvalue weighted by Gasteiger charge is -2.31. The predicted molar refractivity (Wildman–Crippen MR) is 138 cm³/mol. The quantitative estimate of drug-likeness (QED) is 0.567. The van der Waals surface area contributed by atoms with E-state index in [9.17, 15) is 4.39 Å². The van der Waals surface area contributed by atoms with Crippen LogP contribution in [0.3, 0.4) is 0 Å². The summed E-state index contributed by atoms with van der Waals surface area (Å²) >= 11 is 0. The molecule has 7 nitrogen and oxygen atoms in total. The van der Waals surface area contributed by atoms with Crippen molar-refractivity contribution in [1.82, 2.24) is 25.3 Å². The van der Waals surface area contributed by atoms with Crippen molar-refractivity contribution in [3.05, 3.63) is 47.1 Å². The lowest BCUT2D eigenvalue weighted by atomic mass is 9.80. The zero-order valence-electron chi connectivity index (χ0n) is 20.3. The number of anilines is 1. The molecule has 2 unspecified atom stereocenters. The number of aliphatic imine (C=N–C) groups is 1. The monoisotopic (exact) mass is 483 g/mol. The van der Waals surface area contributed by atoms with Crippen molar-refractivity contribution in [1.29, 1.82) is 0 Å². The maximum Gasteiger partial charge on any atom is 0.163 e. The molecule has 5 aliphatic rings. The molecule has 3 aromatic rings. The molecule has 0 amide bonds. The Morgan fingerprint density at radius 1 is 1.14 bits per heavy atom. The number of nitrogens with one attached hydrogen (secondary N) is 2. The van der Waals surface area contributed by atoms with Crippen LogP contribution in [0.15, 0.2) is 35.1 Å². The van der Waals surface area contributed by atoms with Gasteiger partial charge in [0.2, 0.25) is 0 Å². The highest BCUT2D eigenvalue weighted by Gasteiger charge is 2.54. The van der Waals surface area contributed by atoms with Gasteiger partial charge in [-0.25, -0.2) is 15.0 Å². The van der Waals surface area contributed by atoms with Gasteiger partial charge in [0.15, 0.2) is 5.82 Å². The Balaban J connectivity index is 1.28. The normalized spacial score (nSPS) is 26.1. The van der Waals surface area contributed by atoms with Crippen LogP contribution >= 0.6 is 0 Å². The number of rotatable bonds is 5. The van der Waals surface area contributed by atoms with E-state index in [1.54, 1.807) is 6.20 Å². The number of hydrogen-bond acceptors (Lipinski definition) is 6. The molecule has 8 heteroatoms. The molecule has 3 aliphatic carbocycles. The van der Waals surface area contributed by atoms with Gasteiger partial charge in [-0.2, -0.15) is 0 Å². The lowest BCUT2D eigenvalue weighted by molar-refractivity contribution is 0.279. The van der Waals surface area contributed by atoms with E-state index in [1.807, 2.05) is 12.3 Å². The molecular weight excluding hydrogens is 453 g/mol. The molecular formula is C28H30FN7. The first-order valence-electron chi connectivity index (χ1n) is 13.4. The molecule has 3 aromatic heterocycles. The van der Waals surface area contributed by atoms with E-state index in [1.165, 1.54) is 30.4 Å². The van der Waals surface area contributed by atoms with Gasteiger partial charge in [0.1, 0.15) is 18.1 Å². The second-order valence-corrected chi connectivity index (χ2v) is 11.2. The highest BCUT2D eigenvalue weighted by molar-refractivity contribution is 5.93. The summed E-state index contributed by atoms with van der Waals surface area (Å²) in [6.45, 7) is 3.42. The Morgan fingerprint density at radius 3 is 2.75 bits per heavy atom. The van der Waals surface area contributed by atoms with Gasteiger partial charge in [0, 0.05) is 72.1 Å². The second-order valence-electron chi connectivity index (χ2n) is 11.2. The number of piperazine rings is 1. The van der Waals surface area contributed by atoms with Gasteiger partial charge in [-0.15, -0.1) is 0 Å². The topological polar surface area (TPSA) is 82.1 Å². The van der Waals surface area contributed by atoms with Gasteiger partial charge in [-0.3, -0.25) is 9.38 Å². The highest BCUT2D eigenvalue weighted by atomic mass is 19.1. The molecule has 36 heavy (non-hydrogen) atoms. The number of halogens is 1. The molecule has 8 rings (SSSR count). The molecule has 4 fully saturated rings. The number of nitrogens with zero attached hydrogens (tertiary/aromatic N) is 5. The summed E-state index contributed by atoms with van der Waals surface area (Å²) < 4.78 is 13.8. The van der Waals surface area contributed by atoms with Gasteiger partial charge < -0.3 is 15.2 Å². The molecule has 0 aromatic carbocycles. The summed E-state index contributed by atoms with van der Waals surface area (Å²) in [5, 5.41) is 4.44. The fraction of sp³-hybridized carbons (Fsp3) is 0.500. The molecule has 0 spiro atoms. The second kappa shape index (κ2) is 7.68. The molecule has 3 saturated carbocycles. The molecule has 184 valence electrons. The minimum absolute atomic E-state index is 0.340. The fourth-order valence-electron chi connectivity index (χ4n) is 6.60. The van der Waals surface area contributed by atoms with Gasteiger partial charge in [0.05, 0.1) is 11.9 Å². The average molecular weight is 484 g/mol. The van der Waals surface area contributed by atoms with E-state index < -0.39 is 0 Å². The molecule has 2 N–H and O–H groups in total. The van der Waals surface area contributed by atoms with Crippen LogP contribution in [-0.2, 0) is 5.41 Å². The number of fused-ring (bicyclic) bond motifs is 4. The number of allylic oxidation sites excluding steroid dienone is 1. The molecule has 1 saturated heterocycles. The Kier molecular flexibility index (Phi) is 4.48. The van der Waals surface area contributed by atoms with Crippen molar-refractivity contribution in [2.45, 2.75) is 43.4 Å². The molecule has 0 radical (unpaired) electrons. The van der Waals surface area contributed by atoms with Crippen molar-refractivity contribution in [3.63, 3.8) is 0 Å². The minimum atomic E-state index is -0.365. The van der Waals surface area contributed by atoms with Gasteiger partial charge in [-0.1, -0.05) is 6.42 Å². The van der Waals surface area contributed by atoms with Crippen LogP contribution in [0.4, 0.5) is 10.2 Å². The number of alkyl halides is 1. The maximum atomic E-state index is 13.8. The van der Waals surface area contributed by atoms with E-state index in [0.29, 0.717) is 17.7 Å². The first kappa shape index (κ1) is 21.0. The largest absolute Gasteiger partial charge is 0.354 e. The Hall–Kier alpha value is -3.13. The maximum absolute atomic E-state index is 13.8. The number of pyridine rings is 1. The van der Waals surface area contributed by atoms with Gasteiger partial charge in [0.25, 0.3) is 0 Å². The third-order valence-corrected chi connectivity index (χ3v) is 9.21. The van der Waals surface area contributed by atoms with Crippen LogP contribution in [-0.4, -0.2) is 59.0 Å². The van der Waals surface area contributed by atoms with Gasteiger partial charge in [-0.05, 0) is 55.2 Å². The minimum Gasteiger partial charge on any atom is -0.354 e. The smallest absolute Gasteiger partial charge is 0.163 e. The van der Waals surface area contributed by atoms with Crippen molar-refractivity contribution in [2.24, 2.45) is 16.8 Å². The summed E-state index contributed by atoms with van der Waals surface area (Å²) in [5.74, 6) is 3.52. The van der Waals surface area contributed by atoms with Crippen LogP contribution in [0.25, 0.3) is 22.4 Å². The zero-order chi connectivity index (χ0) is 23.9. The average Bonchev–Trinajstić information content (AvgIpc) is 3.78. The predicted octanol–water partition coefficient (Wildman–Crippen LogP) is 4.26. The zero-order valence-corrected chi connectivity index (χ0v) is 20.3. The standard InChI is InChI=1S/C28H30FN7/c29-15-28(5-6-28)21-12-18-17(4-7-32-25(18)34-21)26-33-20-14-31-13-19-22(16-2-1-3-16)23(19)24(20)27(35-26)36-10-8-30-9-11-36/h4,7,12-14,16,22-23,30H,1-3,5-6,8-11,15H2,(H,32,34). The Labute approximate surface area is 209 Å². The Morgan fingerprint density at radius 2 is 2.00 bits per heavy atom. The number of aromatic nitrogens is 4. The van der Waals surface area contributed by atoms with E-state index in [4.69, 9.17) is 15.0 Å². The fourth-order valence-corrected chi connectivity index (χ4v) is 6.60. The van der Waals surface area contributed by atoms with Crippen molar-refractivity contribution >= 4 is 23.1 Å². The van der Waals surface area contributed by atoms with Crippen LogP contribution in [0.1, 0.15) is 55.0 Å². The summed E-state index contributed by atoms with van der Waals surface area (Å²) in [6, 6.07) is 4.06. The summed E-state index contributed by atoms with van der Waals surface area (Å²) in [4.78, 5) is 25.5. The third kappa shape index (κ3) is 3.06. The molecule has 5 heterocycles. The van der Waals surface area contributed by atoms with E-state index in [2.05, 4.69) is 32.5 Å². The Bertz CT molecular complexity index is 1430. The molecule has 0 bridgehead atoms. The van der Waals surface area contributed by atoms with Crippen LogP contribution in [0.5, 0.6) is 0 Å². The summed E-state index contributed by atoms with van der Waals surface area (Å²) in [7, 11) is 0. The van der Waals surface area contributed by atoms with Crippen molar-refractivity contribution in [3.8, 4) is 11.4 Å². The number of H-pyrrole nitrogens is 1. The van der Waals surface area contributed by atoms with E-state index in [-0.39, 0.29) is 12.1 Å². The molecule has 2 atom stereocenters. The SMILES string of the molecule is FCC1(c2cc3c(-c4nc5c(c(N6CCNCC6)n4)C4C(=CN=C5)C4C4CCC4)ccnc3[nH]2)CC1. The van der Waals surface area contributed by atoms with E-state index in [0.717, 1.165) is 78.7 Å². The number of aromatic amines is 1. The van der Waals surface area contributed by atoms with E-state index >= 15 is 0 Å². The third-order valence-electron chi connectivity index (χ3n) is 9.21. The van der Waals surface area contributed by atoms with Crippen LogP contribution in [0.2, 0.25) is 0 Å². The number of hydrogen-bond donors (Lipinski definition) is 2. The first-order chi connectivity index (χ1) is 17.8. The first-order valence-corrected chi connectivity index (χ1v) is 13.4. The lowest BCUT2D eigenvalue weighted by Crippen LogP contribution is -2.44. The summed E-state index contributed by atoms with van der Waals surface area (Å²) in [5.41, 5.74) is 5.95.